The second-order valence-electron chi connectivity index (χ2n) is 3.99. The van der Waals surface area contributed by atoms with Crippen LogP contribution in [0.15, 0.2) is 0 Å². The minimum absolute atomic E-state index is 0.00216. The fourth-order valence-electron chi connectivity index (χ4n) is 1.59. The molecule has 3 N–H and O–H groups in total. The first-order chi connectivity index (χ1) is 7.52. The van der Waals surface area contributed by atoms with Gasteiger partial charge >= 0.3 is 5.97 Å². The Morgan fingerprint density at radius 1 is 1.56 bits per heavy atom. The van der Waals surface area contributed by atoms with Crippen LogP contribution in [0.4, 0.5) is 0 Å². The highest BCUT2D eigenvalue weighted by Crippen LogP contribution is 2.19. The van der Waals surface area contributed by atoms with Crippen molar-refractivity contribution in [3.8, 4) is 0 Å². The summed E-state index contributed by atoms with van der Waals surface area (Å²) in [6.45, 7) is 2.65. The van der Waals surface area contributed by atoms with E-state index >= 15 is 0 Å². The lowest BCUT2D eigenvalue weighted by atomic mass is 10.0. The summed E-state index contributed by atoms with van der Waals surface area (Å²) in [4.78, 5) is 21.8. The molecule has 0 spiro atoms. The van der Waals surface area contributed by atoms with Crippen molar-refractivity contribution in [2.24, 2.45) is 5.92 Å². The quantitative estimate of drug-likeness (QED) is 0.585. The molecule has 1 rings (SSSR count). The lowest BCUT2D eigenvalue weighted by molar-refractivity contribution is -0.147. The van der Waals surface area contributed by atoms with Gasteiger partial charge in [-0.15, -0.1) is 0 Å². The first kappa shape index (κ1) is 12.9. The smallest absolute Gasteiger partial charge is 0.332 e. The number of nitrogens with one attached hydrogen (secondary N) is 1. The predicted octanol–water partition coefficient (Wildman–Crippen LogP) is -0.637. The Hall–Kier alpha value is -1.14. The average molecular weight is 231 g/mol. The second kappa shape index (κ2) is 5.81. The van der Waals surface area contributed by atoms with Gasteiger partial charge < -0.3 is 20.3 Å². The maximum Gasteiger partial charge on any atom is 0.332 e. The van der Waals surface area contributed by atoms with E-state index in [1.807, 2.05) is 6.92 Å². The average Bonchev–Trinajstić information content (AvgIpc) is 2.64. The van der Waals surface area contributed by atoms with Crippen LogP contribution in [-0.2, 0) is 14.3 Å². The summed E-state index contributed by atoms with van der Waals surface area (Å²) in [5, 5.41) is 19.9. The second-order valence-corrected chi connectivity index (χ2v) is 3.99. The molecule has 6 heteroatoms. The number of rotatable bonds is 5. The third-order valence-corrected chi connectivity index (χ3v) is 2.65. The molecule has 0 aromatic rings. The number of aliphatic hydroxyl groups is 1. The highest BCUT2D eigenvalue weighted by Gasteiger charge is 2.30. The van der Waals surface area contributed by atoms with Gasteiger partial charge in [-0.2, -0.15) is 0 Å². The van der Waals surface area contributed by atoms with Crippen molar-refractivity contribution in [1.29, 1.82) is 0 Å². The number of hydrogen-bond acceptors (Lipinski definition) is 4. The minimum Gasteiger partial charge on any atom is -0.479 e. The third-order valence-electron chi connectivity index (χ3n) is 2.65. The Bertz CT molecular complexity index is 268. The molecule has 0 radical (unpaired) electrons. The number of carbonyl (C=O) groups excluding carboxylic acids is 1. The number of ether oxygens (including phenoxy) is 1. The summed E-state index contributed by atoms with van der Waals surface area (Å²) >= 11 is 0. The molecule has 6 nitrogen and oxygen atoms in total. The zero-order valence-corrected chi connectivity index (χ0v) is 9.18. The number of amides is 1. The molecular weight excluding hydrogens is 214 g/mol. The van der Waals surface area contributed by atoms with Crippen molar-refractivity contribution in [1.82, 2.24) is 5.32 Å². The molecule has 0 aromatic heterocycles. The standard InChI is InChI=1S/C10H17NO5/c1-6-3-5-16-8(6)9(13)11-4-2-7(12)10(14)15/h6-8,12H,2-5H2,1H3,(H,11,13)(H,14,15)/t6?,7-,8?/m0/s1. The zero-order valence-electron chi connectivity index (χ0n) is 9.18. The van der Waals surface area contributed by atoms with Crippen molar-refractivity contribution in [3.05, 3.63) is 0 Å². The van der Waals surface area contributed by atoms with E-state index in [1.165, 1.54) is 0 Å². The number of aliphatic carboxylic acids is 1. The van der Waals surface area contributed by atoms with Crippen LogP contribution in [-0.4, -0.2) is 47.4 Å². The fourth-order valence-corrected chi connectivity index (χ4v) is 1.59. The fraction of sp³-hybridized carbons (Fsp3) is 0.800. The van der Waals surface area contributed by atoms with E-state index in [9.17, 15) is 9.59 Å². The largest absolute Gasteiger partial charge is 0.479 e. The Balaban J connectivity index is 2.22. The lowest BCUT2D eigenvalue weighted by Crippen LogP contribution is -2.39. The van der Waals surface area contributed by atoms with Crippen LogP contribution in [0.25, 0.3) is 0 Å². The molecule has 0 aliphatic carbocycles. The van der Waals surface area contributed by atoms with Gasteiger partial charge in [-0.25, -0.2) is 4.79 Å². The molecular formula is C10H17NO5. The molecule has 1 aliphatic heterocycles. The van der Waals surface area contributed by atoms with Gasteiger partial charge in [0, 0.05) is 19.6 Å². The molecule has 3 atom stereocenters. The first-order valence-corrected chi connectivity index (χ1v) is 5.32. The number of hydrogen-bond donors (Lipinski definition) is 3. The molecule has 16 heavy (non-hydrogen) atoms. The monoisotopic (exact) mass is 231 g/mol. The highest BCUT2D eigenvalue weighted by atomic mass is 16.5. The van der Waals surface area contributed by atoms with Gasteiger partial charge in [0.2, 0.25) is 5.91 Å². The van der Waals surface area contributed by atoms with Gasteiger partial charge in [0.25, 0.3) is 0 Å². The van der Waals surface area contributed by atoms with Gasteiger partial charge in [0.15, 0.2) is 6.10 Å². The van der Waals surface area contributed by atoms with Crippen LogP contribution < -0.4 is 5.32 Å². The maximum atomic E-state index is 11.5. The van der Waals surface area contributed by atoms with Crippen LogP contribution >= 0.6 is 0 Å². The molecule has 0 aromatic carbocycles. The third kappa shape index (κ3) is 3.46. The van der Waals surface area contributed by atoms with E-state index in [0.717, 1.165) is 6.42 Å². The SMILES string of the molecule is CC1CCOC1C(=O)NCC[C@H](O)C(=O)O. The predicted molar refractivity (Wildman–Crippen MR) is 54.8 cm³/mol. The number of carbonyl (C=O) groups is 2. The molecule has 0 bridgehead atoms. The van der Waals surface area contributed by atoms with Crippen molar-refractivity contribution in [2.75, 3.05) is 13.2 Å². The van der Waals surface area contributed by atoms with E-state index in [4.69, 9.17) is 14.9 Å². The zero-order chi connectivity index (χ0) is 12.1. The molecule has 0 saturated carbocycles. The van der Waals surface area contributed by atoms with E-state index in [-0.39, 0.29) is 24.8 Å². The summed E-state index contributed by atoms with van der Waals surface area (Å²) in [6.07, 6.45) is -1.01. The Kier molecular flexibility index (Phi) is 4.70. The van der Waals surface area contributed by atoms with E-state index in [2.05, 4.69) is 5.32 Å². The number of carboxylic acid groups (broad SMARTS) is 1. The van der Waals surface area contributed by atoms with Gasteiger partial charge in [0.05, 0.1) is 0 Å². The Morgan fingerprint density at radius 2 is 2.25 bits per heavy atom. The minimum atomic E-state index is -1.43. The van der Waals surface area contributed by atoms with Crippen molar-refractivity contribution < 1.29 is 24.5 Å². The molecule has 92 valence electrons. The lowest BCUT2D eigenvalue weighted by Gasteiger charge is -2.14. The normalized spacial score (nSPS) is 26.4. The highest BCUT2D eigenvalue weighted by molar-refractivity contribution is 5.81. The van der Waals surface area contributed by atoms with Gasteiger partial charge in [-0.05, 0) is 12.3 Å². The summed E-state index contributed by atoms with van der Waals surface area (Å²) in [7, 11) is 0. The van der Waals surface area contributed by atoms with Gasteiger partial charge in [-0.3, -0.25) is 4.79 Å². The molecule has 1 amide bonds. The number of aliphatic hydroxyl groups excluding tert-OH is 1. The van der Waals surface area contributed by atoms with E-state index < -0.39 is 18.2 Å². The topological polar surface area (TPSA) is 95.9 Å². The summed E-state index contributed by atoms with van der Waals surface area (Å²) in [5.74, 6) is -1.33. The van der Waals surface area contributed by atoms with Crippen LogP contribution in [0.1, 0.15) is 19.8 Å². The van der Waals surface area contributed by atoms with Gasteiger partial charge in [0.1, 0.15) is 6.10 Å². The van der Waals surface area contributed by atoms with Crippen LogP contribution in [0.2, 0.25) is 0 Å². The molecule has 1 saturated heterocycles. The molecule has 1 fully saturated rings. The van der Waals surface area contributed by atoms with E-state index in [1.54, 1.807) is 0 Å². The van der Waals surface area contributed by atoms with E-state index in [0.29, 0.717) is 6.61 Å². The Morgan fingerprint density at radius 3 is 2.75 bits per heavy atom. The molecule has 1 aliphatic rings. The summed E-state index contributed by atoms with van der Waals surface area (Å²) < 4.78 is 5.24. The molecule has 1 heterocycles. The van der Waals surface area contributed by atoms with Gasteiger partial charge in [-0.1, -0.05) is 6.92 Å². The van der Waals surface area contributed by atoms with Crippen molar-refractivity contribution in [2.45, 2.75) is 32.0 Å². The first-order valence-electron chi connectivity index (χ1n) is 5.32. The molecule has 2 unspecified atom stereocenters. The van der Waals surface area contributed by atoms with Crippen molar-refractivity contribution >= 4 is 11.9 Å². The van der Waals surface area contributed by atoms with Crippen molar-refractivity contribution in [3.63, 3.8) is 0 Å². The summed E-state index contributed by atoms with van der Waals surface area (Å²) in [6, 6.07) is 0. The van der Waals surface area contributed by atoms with Crippen LogP contribution in [0.5, 0.6) is 0 Å². The van der Waals surface area contributed by atoms with Crippen LogP contribution in [0, 0.1) is 5.92 Å². The summed E-state index contributed by atoms with van der Waals surface area (Å²) in [5.41, 5.74) is 0. The number of carboxylic acids is 1. The Labute approximate surface area is 93.6 Å². The maximum absolute atomic E-state index is 11.5. The van der Waals surface area contributed by atoms with Crippen LogP contribution in [0.3, 0.4) is 0 Å².